The molecule has 0 aliphatic carbocycles. The summed E-state index contributed by atoms with van der Waals surface area (Å²) in [7, 11) is 2.94. The molecule has 1 aromatic rings. The van der Waals surface area contributed by atoms with E-state index in [0.717, 1.165) is 11.3 Å². The molecule has 88 valence electrons. The fourth-order valence-electron chi connectivity index (χ4n) is 1.35. The van der Waals surface area contributed by atoms with Gasteiger partial charge >= 0.3 is 5.97 Å². The molecule has 0 aromatic heterocycles. The third kappa shape index (κ3) is 2.97. The maximum atomic E-state index is 11.5. The first kappa shape index (κ1) is 12.5. The first-order valence-electron chi connectivity index (χ1n) is 5.06. The smallest absolute Gasteiger partial charge is 0.339 e. The lowest BCUT2D eigenvalue weighted by molar-refractivity contribution is -0.154. The van der Waals surface area contributed by atoms with Gasteiger partial charge in [0.2, 0.25) is 0 Å². The van der Waals surface area contributed by atoms with Crippen LogP contribution < -0.4 is 4.74 Å². The van der Waals surface area contributed by atoms with E-state index in [1.807, 2.05) is 6.92 Å². The van der Waals surface area contributed by atoms with Crippen molar-refractivity contribution in [3.8, 4) is 5.75 Å². The Morgan fingerprint density at radius 2 is 1.88 bits per heavy atom. The molecule has 0 saturated heterocycles. The number of carbonyl (C=O) groups is 1. The normalized spacial score (nSPS) is 11.9. The summed E-state index contributed by atoms with van der Waals surface area (Å²) in [6.07, 6.45) is -0.666. The summed E-state index contributed by atoms with van der Waals surface area (Å²) in [5, 5.41) is 0. The Bertz CT molecular complexity index is 331. The van der Waals surface area contributed by atoms with Crippen LogP contribution in [-0.4, -0.2) is 26.8 Å². The van der Waals surface area contributed by atoms with Crippen molar-refractivity contribution in [3.63, 3.8) is 0 Å². The number of hydrogen-bond donors (Lipinski definition) is 0. The summed E-state index contributed by atoms with van der Waals surface area (Å²) in [5.41, 5.74) is 0.759. The molecule has 0 saturated carbocycles. The highest BCUT2D eigenvalue weighted by Crippen LogP contribution is 2.21. The summed E-state index contributed by atoms with van der Waals surface area (Å²) >= 11 is 0. The molecule has 16 heavy (non-hydrogen) atoms. The number of ether oxygens (including phenoxy) is 3. The van der Waals surface area contributed by atoms with Crippen LogP contribution in [-0.2, 0) is 14.3 Å². The van der Waals surface area contributed by atoms with Gasteiger partial charge in [-0.3, -0.25) is 0 Å². The van der Waals surface area contributed by atoms with Crippen molar-refractivity contribution in [3.05, 3.63) is 29.8 Å². The van der Waals surface area contributed by atoms with E-state index in [2.05, 4.69) is 4.74 Å². The van der Waals surface area contributed by atoms with Gasteiger partial charge in [0.05, 0.1) is 14.2 Å². The zero-order valence-corrected chi connectivity index (χ0v) is 9.73. The quantitative estimate of drug-likeness (QED) is 0.717. The third-order valence-corrected chi connectivity index (χ3v) is 2.17. The lowest BCUT2D eigenvalue weighted by Crippen LogP contribution is -2.17. The second kappa shape index (κ2) is 6.12. The molecule has 1 rings (SSSR count). The molecule has 0 radical (unpaired) electrons. The highest BCUT2D eigenvalue weighted by Gasteiger charge is 2.21. The molecule has 4 nitrogen and oxygen atoms in total. The average molecular weight is 224 g/mol. The molecule has 0 unspecified atom stereocenters. The van der Waals surface area contributed by atoms with Gasteiger partial charge in [-0.05, 0) is 24.6 Å². The molecule has 0 fully saturated rings. The van der Waals surface area contributed by atoms with Crippen molar-refractivity contribution in [2.24, 2.45) is 0 Å². The predicted octanol–water partition coefficient (Wildman–Crippen LogP) is 1.95. The molecular formula is C12H16O4. The minimum Gasteiger partial charge on any atom is -0.497 e. The lowest BCUT2D eigenvalue weighted by atomic mass is 10.1. The standard InChI is InChI=1S/C12H16O4/c1-4-16-11(12(13)15-3)9-5-7-10(14-2)8-6-9/h5-8,11H,4H2,1-3H3/t11-/m0/s1. The van der Waals surface area contributed by atoms with Crippen LogP contribution in [0.15, 0.2) is 24.3 Å². The van der Waals surface area contributed by atoms with E-state index < -0.39 is 12.1 Å². The molecule has 0 aliphatic rings. The van der Waals surface area contributed by atoms with Crippen LogP contribution in [0.25, 0.3) is 0 Å². The van der Waals surface area contributed by atoms with Crippen LogP contribution in [0, 0.1) is 0 Å². The van der Waals surface area contributed by atoms with Crippen LogP contribution in [0.3, 0.4) is 0 Å². The Balaban J connectivity index is 2.87. The molecule has 0 heterocycles. The Labute approximate surface area is 95.1 Å². The number of esters is 1. The van der Waals surface area contributed by atoms with Gasteiger partial charge in [-0.2, -0.15) is 0 Å². The van der Waals surface area contributed by atoms with E-state index in [1.165, 1.54) is 7.11 Å². The van der Waals surface area contributed by atoms with Gasteiger partial charge in [0.15, 0.2) is 6.10 Å². The SMILES string of the molecule is CCO[C@H](C(=O)OC)c1ccc(OC)cc1. The number of carbonyl (C=O) groups excluding carboxylic acids is 1. The third-order valence-electron chi connectivity index (χ3n) is 2.17. The first-order chi connectivity index (χ1) is 7.72. The molecule has 0 amide bonds. The topological polar surface area (TPSA) is 44.8 Å². The van der Waals surface area contributed by atoms with Crippen LogP contribution in [0.1, 0.15) is 18.6 Å². The minimum atomic E-state index is -0.666. The van der Waals surface area contributed by atoms with Crippen LogP contribution >= 0.6 is 0 Å². The highest BCUT2D eigenvalue weighted by atomic mass is 16.6. The minimum absolute atomic E-state index is 0.396. The molecule has 4 heteroatoms. The lowest BCUT2D eigenvalue weighted by Gasteiger charge is -2.15. The number of methoxy groups -OCH3 is 2. The van der Waals surface area contributed by atoms with Crippen LogP contribution in [0.5, 0.6) is 5.75 Å². The second-order valence-corrected chi connectivity index (χ2v) is 3.13. The van der Waals surface area contributed by atoms with Crippen molar-refractivity contribution in [1.29, 1.82) is 0 Å². The zero-order chi connectivity index (χ0) is 12.0. The van der Waals surface area contributed by atoms with Crippen molar-refractivity contribution < 1.29 is 19.0 Å². The monoisotopic (exact) mass is 224 g/mol. The van der Waals surface area contributed by atoms with E-state index in [-0.39, 0.29) is 0 Å². The Kier molecular flexibility index (Phi) is 4.79. The first-order valence-corrected chi connectivity index (χ1v) is 5.06. The highest BCUT2D eigenvalue weighted by molar-refractivity contribution is 5.76. The van der Waals surface area contributed by atoms with Crippen LogP contribution in [0.2, 0.25) is 0 Å². The molecule has 1 atom stereocenters. The fourth-order valence-corrected chi connectivity index (χ4v) is 1.35. The van der Waals surface area contributed by atoms with Crippen LogP contribution in [0.4, 0.5) is 0 Å². The van der Waals surface area contributed by atoms with Gasteiger partial charge in [0.25, 0.3) is 0 Å². The number of benzene rings is 1. The summed E-state index contributed by atoms with van der Waals surface area (Å²) < 4.78 is 15.1. The molecule has 0 aliphatic heterocycles. The molecule has 0 bridgehead atoms. The van der Waals surface area contributed by atoms with E-state index in [1.54, 1.807) is 31.4 Å². The fraction of sp³-hybridized carbons (Fsp3) is 0.417. The number of hydrogen-bond acceptors (Lipinski definition) is 4. The van der Waals surface area contributed by atoms with Crippen molar-refractivity contribution in [1.82, 2.24) is 0 Å². The van der Waals surface area contributed by atoms with Gasteiger partial charge in [-0.25, -0.2) is 4.79 Å². The van der Waals surface area contributed by atoms with Gasteiger partial charge in [-0.15, -0.1) is 0 Å². The second-order valence-electron chi connectivity index (χ2n) is 3.13. The van der Waals surface area contributed by atoms with E-state index in [9.17, 15) is 4.79 Å². The van der Waals surface area contributed by atoms with Crippen molar-refractivity contribution >= 4 is 5.97 Å². The van der Waals surface area contributed by atoms with Gasteiger partial charge < -0.3 is 14.2 Å². The Hall–Kier alpha value is -1.55. The van der Waals surface area contributed by atoms with Crippen molar-refractivity contribution in [2.75, 3.05) is 20.8 Å². The molecule has 0 N–H and O–H groups in total. The van der Waals surface area contributed by atoms with Crippen molar-refractivity contribution in [2.45, 2.75) is 13.0 Å². The maximum absolute atomic E-state index is 11.5. The largest absolute Gasteiger partial charge is 0.497 e. The summed E-state index contributed by atoms with van der Waals surface area (Å²) in [5.74, 6) is 0.343. The van der Waals surface area contributed by atoms with Gasteiger partial charge in [-0.1, -0.05) is 12.1 Å². The van der Waals surface area contributed by atoms with Gasteiger partial charge in [0, 0.05) is 6.61 Å². The summed E-state index contributed by atoms with van der Waals surface area (Å²) in [4.78, 5) is 11.5. The van der Waals surface area contributed by atoms with E-state index >= 15 is 0 Å². The summed E-state index contributed by atoms with van der Waals surface area (Å²) in [6, 6.07) is 7.14. The molecule has 0 spiro atoms. The molecular weight excluding hydrogens is 208 g/mol. The number of rotatable bonds is 5. The average Bonchev–Trinajstić information content (AvgIpc) is 2.35. The Morgan fingerprint density at radius 1 is 1.25 bits per heavy atom. The Morgan fingerprint density at radius 3 is 2.31 bits per heavy atom. The van der Waals surface area contributed by atoms with Gasteiger partial charge in [0.1, 0.15) is 5.75 Å². The molecule has 1 aromatic carbocycles. The summed E-state index contributed by atoms with van der Waals surface area (Å²) in [6.45, 7) is 2.28. The van der Waals surface area contributed by atoms with E-state index in [4.69, 9.17) is 9.47 Å². The maximum Gasteiger partial charge on any atom is 0.339 e. The zero-order valence-electron chi connectivity index (χ0n) is 9.73. The predicted molar refractivity (Wildman–Crippen MR) is 59.4 cm³/mol. The van der Waals surface area contributed by atoms with E-state index in [0.29, 0.717) is 6.61 Å².